The molecule has 0 heterocycles. The molecule has 66 valence electrons. The second kappa shape index (κ2) is 4.95. The van der Waals surface area contributed by atoms with E-state index in [1.54, 1.807) is 0 Å². The van der Waals surface area contributed by atoms with Gasteiger partial charge in [-0.15, -0.1) is 0 Å². The summed E-state index contributed by atoms with van der Waals surface area (Å²) in [5, 5.41) is 0. The molecule has 0 aliphatic carbocycles. The Hall–Kier alpha value is -1.78. The van der Waals surface area contributed by atoms with Crippen molar-refractivity contribution in [3.8, 4) is 0 Å². The standard InChI is InChI=1S/C7H11N3O2/c1-5(7(9)11)10-4-6(3-8)12-2/h3-4H,1,8H2,2H3,(H2,9,11)/b6-3+,10-4?. The van der Waals surface area contributed by atoms with Crippen molar-refractivity contribution in [2.75, 3.05) is 7.11 Å². The van der Waals surface area contributed by atoms with E-state index in [-0.39, 0.29) is 5.70 Å². The highest BCUT2D eigenvalue weighted by atomic mass is 16.5. The van der Waals surface area contributed by atoms with Gasteiger partial charge in [0.2, 0.25) is 0 Å². The predicted molar refractivity (Wildman–Crippen MR) is 46.1 cm³/mol. The van der Waals surface area contributed by atoms with E-state index in [2.05, 4.69) is 11.6 Å². The van der Waals surface area contributed by atoms with E-state index in [1.807, 2.05) is 0 Å². The lowest BCUT2D eigenvalue weighted by molar-refractivity contribution is -0.114. The molecule has 1 amide bonds. The zero-order chi connectivity index (χ0) is 9.56. The largest absolute Gasteiger partial charge is 0.494 e. The molecular weight excluding hydrogens is 158 g/mol. The number of carbonyl (C=O) groups excluding carboxylic acids is 1. The smallest absolute Gasteiger partial charge is 0.266 e. The van der Waals surface area contributed by atoms with Crippen molar-refractivity contribution in [2.24, 2.45) is 16.5 Å². The number of nitrogens with two attached hydrogens (primary N) is 2. The van der Waals surface area contributed by atoms with Crippen LogP contribution in [0.25, 0.3) is 0 Å². The summed E-state index contributed by atoms with van der Waals surface area (Å²) in [7, 11) is 1.43. The summed E-state index contributed by atoms with van der Waals surface area (Å²) in [6, 6.07) is 0. The number of nitrogens with zero attached hydrogens (tertiary/aromatic N) is 1. The molecule has 0 atom stereocenters. The van der Waals surface area contributed by atoms with Gasteiger partial charge in [-0.3, -0.25) is 4.79 Å². The molecule has 0 radical (unpaired) electrons. The van der Waals surface area contributed by atoms with Crippen LogP contribution in [0.3, 0.4) is 0 Å². The minimum absolute atomic E-state index is 0.0496. The van der Waals surface area contributed by atoms with Gasteiger partial charge in [-0.05, 0) is 0 Å². The lowest BCUT2D eigenvalue weighted by Gasteiger charge is -1.96. The van der Waals surface area contributed by atoms with Gasteiger partial charge < -0.3 is 16.2 Å². The molecule has 0 fully saturated rings. The van der Waals surface area contributed by atoms with Crippen LogP contribution in [0.5, 0.6) is 0 Å². The molecule has 12 heavy (non-hydrogen) atoms. The lowest BCUT2D eigenvalue weighted by Crippen LogP contribution is -2.11. The first-order chi connectivity index (χ1) is 5.61. The van der Waals surface area contributed by atoms with Crippen LogP contribution in [0.4, 0.5) is 0 Å². The van der Waals surface area contributed by atoms with E-state index in [4.69, 9.17) is 16.2 Å². The molecule has 5 heteroatoms. The van der Waals surface area contributed by atoms with Gasteiger partial charge in [0.05, 0.1) is 13.3 Å². The fraction of sp³-hybridized carbons (Fsp3) is 0.143. The number of carbonyl (C=O) groups is 1. The summed E-state index contributed by atoms with van der Waals surface area (Å²) >= 11 is 0. The summed E-state index contributed by atoms with van der Waals surface area (Å²) < 4.78 is 4.72. The molecular formula is C7H11N3O2. The molecule has 5 nitrogen and oxygen atoms in total. The zero-order valence-electron chi connectivity index (χ0n) is 6.78. The summed E-state index contributed by atoms with van der Waals surface area (Å²) in [5.74, 6) is -0.351. The van der Waals surface area contributed by atoms with Crippen LogP contribution in [0.1, 0.15) is 0 Å². The number of allylic oxidation sites excluding steroid dienone is 1. The molecule has 0 saturated heterocycles. The van der Waals surface area contributed by atoms with Crippen molar-refractivity contribution in [2.45, 2.75) is 0 Å². The van der Waals surface area contributed by atoms with Crippen molar-refractivity contribution < 1.29 is 9.53 Å². The molecule has 0 unspecified atom stereocenters. The molecule has 0 aromatic carbocycles. The number of methoxy groups -OCH3 is 1. The maximum atomic E-state index is 10.4. The Balaban J connectivity index is 4.24. The van der Waals surface area contributed by atoms with E-state index in [0.717, 1.165) is 0 Å². The Bertz CT molecular complexity index is 239. The minimum atomic E-state index is -0.682. The highest BCUT2D eigenvalue weighted by Crippen LogP contribution is 1.93. The Kier molecular flexibility index (Phi) is 4.21. The topological polar surface area (TPSA) is 90.7 Å². The van der Waals surface area contributed by atoms with E-state index in [0.29, 0.717) is 5.76 Å². The van der Waals surface area contributed by atoms with E-state index < -0.39 is 5.91 Å². The third kappa shape index (κ3) is 3.40. The molecule has 0 saturated carbocycles. The van der Waals surface area contributed by atoms with Crippen LogP contribution in [0, 0.1) is 0 Å². The number of aliphatic imine (C=N–C) groups is 1. The van der Waals surface area contributed by atoms with Crippen LogP contribution >= 0.6 is 0 Å². The second-order valence-electron chi connectivity index (χ2n) is 1.84. The Morgan fingerprint density at radius 1 is 1.67 bits per heavy atom. The van der Waals surface area contributed by atoms with Crippen molar-refractivity contribution in [3.63, 3.8) is 0 Å². The molecule has 0 aromatic heterocycles. The van der Waals surface area contributed by atoms with Crippen molar-refractivity contribution in [3.05, 3.63) is 24.2 Å². The number of amides is 1. The first-order valence-electron chi connectivity index (χ1n) is 3.10. The van der Waals surface area contributed by atoms with Gasteiger partial charge in [0, 0.05) is 6.20 Å². The number of hydrogen-bond acceptors (Lipinski definition) is 4. The molecule has 4 N–H and O–H groups in total. The van der Waals surface area contributed by atoms with Gasteiger partial charge >= 0.3 is 0 Å². The lowest BCUT2D eigenvalue weighted by atomic mass is 10.5. The minimum Gasteiger partial charge on any atom is -0.494 e. The van der Waals surface area contributed by atoms with E-state index in [1.165, 1.54) is 19.5 Å². The average Bonchev–Trinajstić information content (AvgIpc) is 2.05. The van der Waals surface area contributed by atoms with Crippen LogP contribution in [-0.4, -0.2) is 19.2 Å². The molecule has 0 bridgehead atoms. The van der Waals surface area contributed by atoms with Crippen molar-refractivity contribution in [1.82, 2.24) is 0 Å². The van der Waals surface area contributed by atoms with Gasteiger partial charge in [0.25, 0.3) is 5.91 Å². The van der Waals surface area contributed by atoms with Gasteiger partial charge in [0.15, 0.2) is 5.76 Å². The third-order valence-electron chi connectivity index (χ3n) is 1.03. The normalized spacial score (nSPS) is 11.6. The average molecular weight is 169 g/mol. The third-order valence-corrected chi connectivity index (χ3v) is 1.03. The van der Waals surface area contributed by atoms with E-state index >= 15 is 0 Å². The maximum Gasteiger partial charge on any atom is 0.266 e. The van der Waals surface area contributed by atoms with Gasteiger partial charge in [-0.2, -0.15) is 0 Å². The number of ether oxygens (including phenoxy) is 1. The predicted octanol–water partition coefficient (Wildman–Crippen LogP) is -0.497. The Morgan fingerprint density at radius 3 is 2.58 bits per heavy atom. The molecule has 0 aliphatic heterocycles. The van der Waals surface area contributed by atoms with Gasteiger partial charge in [-0.25, -0.2) is 4.99 Å². The van der Waals surface area contributed by atoms with Crippen molar-refractivity contribution >= 4 is 12.1 Å². The van der Waals surface area contributed by atoms with Crippen LogP contribution in [-0.2, 0) is 9.53 Å². The summed E-state index contributed by atoms with van der Waals surface area (Å²) in [4.78, 5) is 14.0. The number of primary amides is 1. The molecule has 0 aliphatic rings. The molecule has 0 rings (SSSR count). The highest BCUT2D eigenvalue weighted by Gasteiger charge is 1.96. The number of hydrogen-bond donors (Lipinski definition) is 2. The van der Waals surface area contributed by atoms with Crippen LogP contribution in [0.2, 0.25) is 0 Å². The monoisotopic (exact) mass is 169 g/mol. The fourth-order valence-electron chi connectivity index (χ4n) is 0.369. The van der Waals surface area contributed by atoms with Crippen LogP contribution in [0.15, 0.2) is 29.2 Å². The summed E-state index contributed by atoms with van der Waals surface area (Å²) in [5.41, 5.74) is 9.93. The first-order valence-corrected chi connectivity index (χ1v) is 3.10. The SMILES string of the molecule is C=C(N=C/C(=C\N)OC)C(N)=O. The van der Waals surface area contributed by atoms with E-state index in [9.17, 15) is 4.79 Å². The second-order valence-corrected chi connectivity index (χ2v) is 1.84. The van der Waals surface area contributed by atoms with Gasteiger partial charge in [0.1, 0.15) is 5.70 Å². The fourth-order valence-corrected chi connectivity index (χ4v) is 0.369. The van der Waals surface area contributed by atoms with Gasteiger partial charge in [-0.1, -0.05) is 6.58 Å². The number of rotatable bonds is 4. The zero-order valence-corrected chi connectivity index (χ0v) is 6.78. The molecule has 0 aromatic rings. The van der Waals surface area contributed by atoms with Crippen LogP contribution < -0.4 is 11.5 Å². The summed E-state index contributed by atoms with van der Waals surface area (Å²) in [6.45, 7) is 3.30. The Labute approximate surface area is 70.4 Å². The highest BCUT2D eigenvalue weighted by molar-refractivity contribution is 5.93. The maximum absolute atomic E-state index is 10.4. The first kappa shape index (κ1) is 10.2. The molecule has 0 spiro atoms. The van der Waals surface area contributed by atoms with Crippen molar-refractivity contribution in [1.29, 1.82) is 0 Å². The quantitative estimate of drug-likeness (QED) is 0.338. The Morgan fingerprint density at radius 2 is 2.25 bits per heavy atom. The summed E-state index contributed by atoms with van der Waals surface area (Å²) in [6.07, 6.45) is 2.46.